The van der Waals surface area contributed by atoms with E-state index in [1.807, 2.05) is 30.9 Å². The van der Waals surface area contributed by atoms with Gasteiger partial charge in [-0.15, -0.1) is 0 Å². The van der Waals surface area contributed by atoms with Gasteiger partial charge in [0.1, 0.15) is 16.8 Å². The van der Waals surface area contributed by atoms with Crippen molar-refractivity contribution in [2.45, 2.75) is 45.3 Å². The van der Waals surface area contributed by atoms with Crippen LogP contribution in [0.25, 0.3) is 11.4 Å². The first-order valence-electron chi connectivity index (χ1n) is 10.8. The summed E-state index contributed by atoms with van der Waals surface area (Å²) in [5.41, 5.74) is 2.95. The van der Waals surface area contributed by atoms with Crippen LogP contribution < -0.4 is 4.74 Å². The van der Waals surface area contributed by atoms with E-state index in [-0.39, 0.29) is 18.1 Å². The maximum absolute atomic E-state index is 13.7. The summed E-state index contributed by atoms with van der Waals surface area (Å²) in [6, 6.07) is 5.46. The van der Waals surface area contributed by atoms with E-state index in [1.54, 1.807) is 30.9 Å². The fourth-order valence-corrected chi connectivity index (χ4v) is 4.99. The Morgan fingerprint density at radius 2 is 1.81 bits per heavy atom. The van der Waals surface area contributed by atoms with Gasteiger partial charge in [0.25, 0.3) is 5.91 Å². The highest BCUT2D eigenvalue weighted by molar-refractivity contribution is 6.31. The number of carbonyl (C=O) groups is 1. The number of fused-ring (bicyclic) bond motifs is 3. The van der Waals surface area contributed by atoms with Crippen molar-refractivity contribution in [2.24, 2.45) is 5.92 Å². The maximum atomic E-state index is 13.7. The van der Waals surface area contributed by atoms with Gasteiger partial charge in [-0.3, -0.25) is 9.78 Å². The number of amides is 1. The summed E-state index contributed by atoms with van der Waals surface area (Å²) in [7, 11) is 0. The quantitative estimate of drug-likeness (QED) is 0.591. The smallest absolute Gasteiger partial charge is 0.273 e. The third-order valence-electron chi connectivity index (χ3n) is 6.22. The van der Waals surface area contributed by atoms with E-state index >= 15 is 0 Å². The Morgan fingerprint density at radius 3 is 2.56 bits per heavy atom. The first-order valence-corrected chi connectivity index (χ1v) is 11.2. The molecule has 8 heteroatoms. The van der Waals surface area contributed by atoms with Crippen LogP contribution in [0, 0.1) is 19.8 Å². The van der Waals surface area contributed by atoms with Gasteiger partial charge in [-0.1, -0.05) is 11.6 Å². The van der Waals surface area contributed by atoms with Crippen LogP contribution in [0.1, 0.15) is 40.9 Å². The van der Waals surface area contributed by atoms with Crippen LogP contribution in [0.4, 0.5) is 0 Å². The maximum Gasteiger partial charge on any atom is 0.273 e. The molecule has 32 heavy (non-hydrogen) atoms. The molecule has 5 heterocycles. The molecule has 7 nitrogen and oxygen atoms in total. The molecule has 164 valence electrons. The summed E-state index contributed by atoms with van der Waals surface area (Å²) in [6.07, 6.45) is 9.50. The first kappa shape index (κ1) is 20.8. The van der Waals surface area contributed by atoms with E-state index in [9.17, 15) is 4.79 Å². The lowest BCUT2D eigenvalue weighted by Gasteiger charge is -2.49. The standard InChI is InChI=1S/C24H24ClN5O2/c1-14-8-17(22-26-6-3-7-27-22)21(28-11-14)24(31)30-13-16-4-5-19(30)20(10-16)32-23-18(25)9-15(2)12-29-23/h3,6-9,11-12,16,19-20H,4-5,10,13H2,1-2H3. The van der Waals surface area contributed by atoms with Crippen LogP contribution >= 0.6 is 11.6 Å². The van der Waals surface area contributed by atoms with Crippen LogP contribution in [0.5, 0.6) is 5.88 Å². The van der Waals surface area contributed by atoms with Gasteiger partial charge in [0, 0.05) is 31.3 Å². The highest BCUT2D eigenvalue weighted by Gasteiger charge is 2.45. The van der Waals surface area contributed by atoms with E-state index in [0.29, 0.717) is 40.4 Å². The summed E-state index contributed by atoms with van der Waals surface area (Å²) in [4.78, 5) is 33.2. The van der Waals surface area contributed by atoms with Crippen LogP contribution in [-0.4, -0.2) is 49.4 Å². The number of aryl methyl sites for hydroxylation is 2. The van der Waals surface area contributed by atoms with Crippen molar-refractivity contribution in [3.63, 3.8) is 0 Å². The van der Waals surface area contributed by atoms with Crippen molar-refractivity contribution in [3.8, 4) is 17.3 Å². The average Bonchev–Trinajstić information content (AvgIpc) is 2.81. The molecule has 3 aromatic rings. The number of aromatic nitrogens is 4. The Bertz CT molecular complexity index is 1160. The zero-order valence-corrected chi connectivity index (χ0v) is 18.8. The molecule has 0 N–H and O–H groups in total. The van der Waals surface area contributed by atoms with Gasteiger partial charge in [0.05, 0.1) is 11.6 Å². The molecule has 2 bridgehead atoms. The van der Waals surface area contributed by atoms with Gasteiger partial charge < -0.3 is 9.64 Å². The number of hydrogen-bond donors (Lipinski definition) is 0. The molecule has 3 aromatic heterocycles. The van der Waals surface area contributed by atoms with Crippen molar-refractivity contribution in [3.05, 3.63) is 64.8 Å². The number of rotatable bonds is 4. The Hall–Kier alpha value is -3.06. The molecule has 0 radical (unpaired) electrons. The van der Waals surface area contributed by atoms with Gasteiger partial charge in [-0.05, 0) is 68.4 Å². The SMILES string of the molecule is Cc1cnc(OC2CC3CCC2N(C(=O)c2ncc(C)cc2-c2ncccn2)C3)c(Cl)c1. The molecule has 1 aliphatic carbocycles. The number of halogens is 1. The van der Waals surface area contributed by atoms with Gasteiger partial charge in [-0.2, -0.15) is 0 Å². The van der Waals surface area contributed by atoms with Crippen molar-refractivity contribution in [1.82, 2.24) is 24.8 Å². The number of nitrogens with zero attached hydrogens (tertiary/aromatic N) is 5. The number of ether oxygens (including phenoxy) is 1. The lowest BCUT2D eigenvalue weighted by atomic mass is 9.77. The van der Waals surface area contributed by atoms with Gasteiger partial charge in [0.15, 0.2) is 5.82 Å². The third-order valence-corrected chi connectivity index (χ3v) is 6.49. The van der Waals surface area contributed by atoms with Crippen LogP contribution in [0.2, 0.25) is 5.02 Å². The van der Waals surface area contributed by atoms with Crippen LogP contribution in [0.15, 0.2) is 43.0 Å². The summed E-state index contributed by atoms with van der Waals surface area (Å²) in [5, 5.41) is 0.494. The molecule has 1 amide bonds. The fraction of sp³-hybridized carbons (Fsp3) is 0.375. The molecular weight excluding hydrogens is 426 g/mol. The second kappa shape index (κ2) is 8.47. The predicted molar refractivity (Wildman–Crippen MR) is 121 cm³/mol. The Balaban J connectivity index is 1.45. The van der Waals surface area contributed by atoms with Gasteiger partial charge >= 0.3 is 0 Å². The largest absolute Gasteiger partial charge is 0.471 e. The number of carbonyl (C=O) groups excluding carboxylic acids is 1. The van der Waals surface area contributed by atoms with E-state index in [1.165, 1.54) is 0 Å². The summed E-state index contributed by atoms with van der Waals surface area (Å²) in [6.45, 7) is 4.58. The summed E-state index contributed by atoms with van der Waals surface area (Å²) >= 11 is 6.36. The van der Waals surface area contributed by atoms with E-state index in [4.69, 9.17) is 16.3 Å². The molecule has 2 aliphatic heterocycles. The molecule has 3 fully saturated rings. The lowest BCUT2D eigenvalue weighted by molar-refractivity contribution is -0.0315. The number of piperidine rings is 2. The molecule has 0 spiro atoms. The second-order valence-corrected chi connectivity index (χ2v) is 9.05. The molecular formula is C24H24ClN5O2. The Morgan fingerprint density at radius 1 is 1.06 bits per heavy atom. The molecule has 2 saturated heterocycles. The summed E-state index contributed by atoms with van der Waals surface area (Å²) in [5.74, 6) is 1.19. The van der Waals surface area contributed by atoms with E-state index in [0.717, 1.165) is 30.4 Å². The molecule has 3 unspecified atom stereocenters. The summed E-state index contributed by atoms with van der Waals surface area (Å²) < 4.78 is 6.24. The fourth-order valence-electron chi connectivity index (χ4n) is 4.73. The normalized spacial score (nSPS) is 22.1. The lowest BCUT2D eigenvalue weighted by Crippen LogP contribution is -2.59. The van der Waals surface area contributed by atoms with E-state index < -0.39 is 0 Å². The monoisotopic (exact) mass is 449 g/mol. The van der Waals surface area contributed by atoms with Gasteiger partial charge in [-0.25, -0.2) is 15.0 Å². The third kappa shape index (κ3) is 3.93. The minimum atomic E-state index is -0.152. The molecule has 1 saturated carbocycles. The predicted octanol–water partition coefficient (Wildman–Crippen LogP) is 4.28. The molecule has 3 atom stereocenters. The van der Waals surface area contributed by atoms with Crippen LogP contribution in [-0.2, 0) is 0 Å². The Kier molecular flexibility index (Phi) is 5.51. The first-order chi connectivity index (χ1) is 15.5. The molecule has 3 aliphatic rings. The van der Waals surface area contributed by atoms with E-state index in [2.05, 4.69) is 19.9 Å². The Labute approximate surface area is 191 Å². The van der Waals surface area contributed by atoms with Crippen molar-refractivity contribution in [1.29, 1.82) is 0 Å². The van der Waals surface area contributed by atoms with Crippen molar-refractivity contribution < 1.29 is 9.53 Å². The minimum absolute atomic E-state index is 0.0562. The highest BCUT2D eigenvalue weighted by atomic mass is 35.5. The number of pyridine rings is 2. The van der Waals surface area contributed by atoms with Crippen molar-refractivity contribution in [2.75, 3.05) is 6.54 Å². The second-order valence-electron chi connectivity index (χ2n) is 8.64. The number of hydrogen-bond acceptors (Lipinski definition) is 6. The van der Waals surface area contributed by atoms with Crippen LogP contribution in [0.3, 0.4) is 0 Å². The topological polar surface area (TPSA) is 81.1 Å². The average molecular weight is 450 g/mol. The van der Waals surface area contributed by atoms with Gasteiger partial charge in [0.2, 0.25) is 5.88 Å². The molecule has 0 aromatic carbocycles. The van der Waals surface area contributed by atoms with Crippen molar-refractivity contribution >= 4 is 17.5 Å². The zero-order chi connectivity index (χ0) is 22.2. The molecule has 6 rings (SSSR count). The highest BCUT2D eigenvalue weighted by Crippen LogP contribution is 2.39. The zero-order valence-electron chi connectivity index (χ0n) is 18.0. The minimum Gasteiger partial charge on any atom is -0.471 e.